The molecule has 20 heavy (non-hydrogen) atoms. The number of carbonyl (C=O) groups is 1. The summed E-state index contributed by atoms with van der Waals surface area (Å²) in [7, 11) is 0. The average molecular weight is 271 g/mol. The van der Waals surface area contributed by atoms with Crippen molar-refractivity contribution in [2.45, 2.75) is 44.1 Å². The zero-order valence-electron chi connectivity index (χ0n) is 11.9. The molecule has 3 nitrogen and oxygen atoms in total. The van der Waals surface area contributed by atoms with Gasteiger partial charge in [0.2, 0.25) is 5.91 Å². The van der Waals surface area contributed by atoms with E-state index in [1.54, 1.807) is 0 Å². The van der Waals surface area contributed by atoms with Gasteiger partial charge in [0.25, 0.3) is 0 Å². The molecule has 1 amide bonds. The molecule has 1 unspecified atom stereocenters. The van der Waals surface area contributed by atoms with Gasteiger partial charge in [-0.25, -0.2) is 0 Å². The molecular formula is C17H21NO2. The number of rotatable bonds is 3. The van der Waals surface area contributed by atoms with Crippen molar-refractivity contribution in [3.63, 3.8) is 0 Å². The molecule has 0 heterocycles. The number of amides is 1. The number of carbonyl (C=O) groups excluding carboxylic acids is 1. The second-order valence-corrected chi connectivity index (χ2v) is 5.96. The van der Waals surface area contributed by atoms with Gasteiger partial charge in [0.1, 0.15) is 0 Å². The van der Waals surface area contributed by atoms with Crippen LogP contribution in [0.1, 0.15) is 43.7 Å². The molecule has 3 rings (SSSR count). The first-order valence-corrected chi connectivity index (χ1v) is 7.37. The molecule has 2 N–H and O–H groups in total. The van der Waals surface area contributed by atoms with Crippen molar-refractivity contribution in [1.29, 1.82) is 0 Å². The molecule has 1 saturated carbocycles. The minimum atomic E-state index is -0.625. The Labute approximate surface area is 119 Å². The third-order valence-corrected chi connectivity index (χ3v) is 4.61. The van der Waals surface area contributed by atoms with Crippen LogP contribution in [-0.4, -0.2) is 23.7 Å². The Hall–Kier alpha value is -1.61. The highest BCUT2D eigenvalue weighted by Gasteiger charge is 2.41. The van der Waals surface area contributed by atoms with Gasteiger partial charge in [-0.2, -0.15) is 0 Å². The Morgan fingerprint density at radius 3 is 2.75 bits per heavy atom. The van der Waals surface area contributed by atoms with Gasteiger partial charge < -0.3 is 10.4 Å². The Kier molecular flexibility index (Phi) is 3.38. The fraction of sp³-hybridized carbons (Fsp3) is 0.471. The molecule has 0 saturated heterocycles. The van der Waals surface area contributed by atoms with E-state index in [0.717, 1.165) is 11.1 Å². The van der Waals surface area contributed by atoms with Crippen molar-refractivity contribution in [3.8, 4) is 0 Å². The van der Waals surface area contributed by atoms with Gasteiger partial charge in [0.05, 0.1) is 6.10 Å². The van der Waals surface area contributed by atoms with Gasteiger partial charge >= 0.3 is 0 Å². The van der Waals surface area contributed by atoms with Crippen molar-refractivity contribution in [2.75, 3.05) is 6.54 Å². The van der Waals surface area contributed by atoms with Crippen LogP contribution in [-0.2, 0) is 10.2 Å². The van der Waals surface area contributed by atoms with Crippen molar-refractivity contribution in [1.82, 2.24) is 5.32 Å². The lowest BCUT2D eigenvalue weighted by Crippen LogP contribution is -2.30. The minimum Gasteiger partial charge on any atom is -0.387 e. The molecule has 0 radical (unpaired) electrons. The Morgan fingerprint density at radius 2 is 2.05 bits per heavy atom. The molecule has 2 aliphatic rings. The topological polar surface area (TPSA) is 49.3 Å². The van der Waals surface area contributed by atoms with E-state index in [1.807, 2.05) is 6.07 Å². The molecule has 1 atom stereocenters. The molecule has 1 fully saturated rings. The standard InChI is InChI=1S/C17H21NO2/c1-12(19)18-11-16(20)14-10-17(8-4-5-9-17)15-7-3-2-6-13(14)15/h2-3,6-7,10,16,20H,4-5,8-9,11H2,1H3,(H,18,19). The molecule has 3 heteroatoms. The lowest BCUT2D eigenvalue weighted by molar-refractivity contribution is -0.119. The summed E-state index contributed by atoms with van der Waals surface area (Å²) in [5, 5.41) is 13.1. The molecule has 0 bridgehead atoms. The van der Waals surface area contributed by atoms with Gasteiger partial charge in [-0.05, 0) is 29.5 Å². The van der Waals surface area contributed by atoms with Crippen LogP contribution in [0, 0.1) is 0 Å². The Morgan fingerprint density at radius 1 is 1.35 bits per heavy atom. The van der Waals surface area contributed by atoms with Crippen molar-refractivity contribution < 1.29 is 9.90 Å². The van der Waals surface area contributed by atoms with Crippen LogP contribution in [0.5, 0.6) is 0 Å². The maximum Gasteiger partial charge on any atom is 0.216 e. The van der Waals surface area contributed by atoms with Crippen molar-refractivity contribution >= 4 is 11.5 Å². The average Bonchev–Trinajstić information content (AvgIpc) is 3.04. The molecule has 1 aromatic carbocycles. The molecule has 1 aromatic rings. The number of nitrogens with one attached hydrogen (secondary N) is 1. The number of hydrogen-bond acceptors (Lipinski definition) is 2. The third-order valence-electron chi connectivity index (χ3n) is 4.61. The summed E-state index contributed by atoms with van der Waals surface area (Å²) in [6, 6.07) is 8.38. The summed E-state index contributed by atoms with van der Waals surface area (Å²) >= 11 is 0. The van der Waals surface area contributed by atoms with Crippen LogP contribution in [0.15, 0.2) is 30.3 Å². The first-order valence-electron chi connectivity index (χ1n) is 7.37. The van der Waals surface area contributed by atoms with Gasteiger partial charge in [0, 0.05) is 18.9 Å². The highest BCUT2D eigenvalue weighted by atomic mass is 16.3. The smallest absolute Gasteiger partial charge is 0.216 e. The van der Waals surface area contributed by atoms with Crippen LogP contribution in [0.3, 0.4) is 0 Å². The SMILES string of the molecule is CC(=O)NCC(O)C1=CC2(CCCC2)c2ccccc21. The van der Waals surface area contributed by atoms with Crippen LogP contribution in [0.25, 0.3) is 5.57 Å². The zero-order chi connectivity index (χ0) is 14.2. The highest BCUT2D eigenvalue weighted by Crippen LogP contribution is 2.51. The lowest BCUT2D eigenvalue weighted by atomic mass is 9.81. The summed E-state index contributed by atoms with van der Waals surface area (Å²) in [4.78, 5) is 11.0. The van der Waals surface area contributed by atoms with Crippen LogP contribution in [0.2, 0.25) is 0 Å². The molecule has 0 aliphatic heterocycles. The second-order valence-electron chi connectivity index (χ2n) is 5.96. The maximum absolute atomic E-state index is 11.0. The van der Waals surface area contributed by atoms with Crippen molar-refractivity contribution in [3.05, 3.63) is 41.5 Å². The second kappa shape index (κ2) is 5.06. The third kappa shape index (κ3) is 2.16. The van der Waals surface area contributed by atoms with Gasteiger partial charge in [-0.3, -0.25) is 4.79 Å². The Balaban J connectivity index is 1.93. The number of benzene rings is 1. The first kappa shape index (κ1) is 13.4. The minimum absolute atomic E-state index is 0.105. The van der Waals surface area contributed by atoms with E-state index in [0.29, 0.717) is 0 Å². The van der Waals surface area contributed by atoms with E-state index in [4.69, 9.17) is 0 Å². The monoisotopic (exact) mass is 271 g/mol. The van der Waals surface area contributed by atoms with E-state index in [2.05, 4.69) is 29.6 Å². The van der Waals surface area contributed by atoms with E-state index >= 15 is 0 Å². The zero-order valence-corrected chi connectivity index (χ0v) is 11.9. The Bertz CT molecular complexity index is 556. The van der Waals surface area contributed by atoms with Gasteiger partial charge in [-0.15, -0.1) is 0 Å². The van der Waals surface area contributed by atoms with E-state index in [9.17, 15) is 9.90 Å². The molecular weight excluding hydrogens is 250 g/mol. The normalized spacial score (nSPS) is 20.6. The van der Waals surface area contributed by atoms with Gasteiger partial charge in [-0.1, -0.05) is 43.2 Å². The number of aliphatic hydroxyl groups excluding tert-OH is 1. The molecule has 2 aliphatic carbocycles. The maximum atomic E-state index is 11.0. The number of hydrogen-bond donors (Lipinski definition) is 2. The summed E-state index contributed by atoms with van der Waals surface area (Å²) in [6.07, 6.45) is 6.47. The summed E-state index contributed by atoms with van der Waals surface area (Å²) in [5.41, 5.74) is 3.63. The molecule has 1 spiro atoms. The number of allylic oxidation sites excluding steroid dienone is 1. The first-order chi connectivity index (χ1) is 9.62. The van der Waals surface area contributed by atoms with Gasteiger partial charge in [0.15, 0.2) is 0 Å². The van der Waals surface area contributed by atoms with Crippen LogP contribution < -0.4 is 5.32 Å². The van der Waals surface area contributed by atoms with Crippen LogP contribution >= 0.6 is 0 Å². The summed E-state index contributed by atoms with van der Waals surface area (Å²) < 4.78 is 0. The number of aliphatic hydroxyl groups is 1. The quantitative estimate of drug-likeness (QED) is 0.887. The van der Waals surface area contributed by atoms with Crippen LogP contribution in [0.4, 0.5) is 0 Å². The number of fused-ring (bicyclic) bond motifs is 2. The van der Waals surface area contributed by atoms with E-state index < -0.39 is 6.10 Å². The fourth-order valence-corrected chi connectivity index (χ4v) is 3.67. The van der Waals surface area contributed by atoms with Crippen molar-refractivity contribution in [2.24, 2.45) is 0 Å². The molecule has 106 valence electrons. The highest BCUT2D eigenvalue weighted by molar-refractivity contribution is 5.80. The predicted molar refractivity (Wildman–Crippen MR) is 79.3 cm³/mol. The van der Waals surface area contributed by atoms with E-state index in [1.165, 1.54) is 38.2 Å². The summed E-state index contributed by atoms with van der Waals surface area (Å²) in [5.74, 6) is -0.105. The van der Waals surface area contributed by atoms with E-state index in [-0.39, 0.29) is 17.9 Å². The summed E-state index contributed by atoms with van der Waals surface area (Å²) in [6.45, 7) is 1.76. The fourth-order valence-electron chi connectivity index (χ4n) is 3.67. The largest absolute Gasteiger partial charge is 0.387 e. The lowest BCUT2D eigenvalue weighted by Gasteiger charge is -2.22. The molecule has 0 aromatic heterocycles. The predicted octanol–water partition coefficient (Wildman–Crippen LogP) is 2.39.